The molecule has 0 atom stereocenters. The Labute approximate surface area is 127 Å². The third kappa shape index (κ3) is 3.92. The van der Waals surface area contributed by atoms with Gasteiger partial charge in [0.1, 0.15) is 12.4 Å². The molecule has 2 aromatic carbocycles. The van der Waals surface area contributed by atoms with Crippen molar-refractivity contribution in [1.82, 2.24) is 0 Å². The van der Waals surface area contributed by atoms with Crippen LogP contribution in [-0.4, -0.2) is 17.4 Å². The van der Waals surface area contributed by atoms with Crippen molar-refractivity contribution >= 4 is 17.3 Å². The summed E-state index contributed by atoms with van der Waals surface area (Å²) in [7, 11) is 0. The molecule has 112 valence electrons. The van der Waals surface area contributed by atoms with Crippen LogP contribution in [0.2, 0.25) is 0 Å². The number of nitrogens with one attached hydrogen (secondary N) is 1. The van der Waals surface area contributed by atoms with Gasteiger partial charge in [0.2, 0.25) is 0 Å². The van der Waals surface area contributed by atoms with Crippen LogP contribution in [0.15, 0.2) is 61.2 Å². The Kier molecular flexibility index (Phi) is 4.87. The van der Waals surface area contributed by atoms with E-state index >= 15 is 0 Å². The third-order valence-electron chi connectivity index (χ3n) is 2.80. The monoisotopic (exact) mass is 298 g/mol. The fourth-order valence-corrected chi connectivity index (χ4v) is 1.76. The maximum Gasteiger partial charge on any atom is 0.271 e. The number of nitro groups is 1. The van der Waals surface area contributed by atoms with Gasteiger partial charge in [0, 0.05) is 23.4 Å². The van der Waals surface area contributed by atoms with Gasteiger partial charge in [0.15, 0.2) is 0 Å². The van der Waals surface area contributed by atoms with Crippen molar-refractivity contribution in [1.29, 1.82) is 0 Å². The van der Waals surface area contributed by atoms with Gasteiger partial charge in [-0.15, -0.1) is 0 Å². The summed E-state index contributed by atoms with van der Waals surface area (Å²) in [6.07, 6.45) is 1.63. The van der Waals surface area contributed by atoms with Crippen molar-refractivity contribution in [3.8, 4) is 5.75 Å². The van der Waals surface area contributed by atoms with E-state index in [1.807, 2.05) is 0 Å². The molecule has 6 heteroatoms. The number of ether oxygens (including phenoxy) is 1. The van der Waals surface area contributed by atoms with E-state index in [2.05, 4.69) is 11.9 Å². The predicted molar refractivity (Wildman–Crippen MR) is 83.2 cm³/mol. The normalized spacial score (nSPS) is 9.82. The molecule has 0 fully saturated rings. The second-order valence-electron chi connectivity index (χ2n) is 4.39. The summed E-state index contributed by atoms with van der Waals surface area (Å²) in [5.41, 5.74) is 0.717. The quantitative estimate of drug-likeness (QED) is 0.503. The Bertz CT molecular complexity index is 696. The first kappa shape index (κ1) is 15.2. The van der Waals surface area contributed by atoms with Crippen LogP contribution in [0.4, 0.5) is 11.4 Å². The molecular formula is C16H14N2O4. The highest BCUT2D eigenvalue weighted by molar-refractivity contribution is 6.04. The molecule has 0 saturated carbocycles. The van der Waals surface area contributed by atoms with Gasteiger partial charge in [-0.05, 0) is 30.3 Å². The summed E-state index contributed by atoms with van der Waals surface area (Å²) in [5.74, 6) is 0.280. The minimum absolute atomic E-state index is 0.0778. The van der Waals surface area contributed by atoms with Crippen LogP contribution >= 0.6 is 0 Å². The lowest BCUT2D eigenvalue weighted by Crippen LogP contribution is -2.11. The number of carbonyl (C=O) groups is 1. The number of non-ortho nitro benzene ring substituents is 1. The largest absolute Gasteiger partial charge is 0.490 e. The fraction of sp³-hybridized carbons (Fsp3) is 0.0625. The van der Waals surface area contributed by atoms with E-state index in [0.29, 0.717) is 23.6 Å². The van der Waals surface area contributed by atoms with Crippen LogP contribution in [-0.2, 0) is 0 Å². The number of nitro benzene ring substituents is 1. The van der Waals surface area contributed by atoms with Gasteiger partial charge in [-0.1, -0.05) is 18.7 Å². The first-order valence-electron chi connectivity index (χ1n) is 6.49. The fourth-order valence-electron chi connectivity index (χ4n) is 1.76. The highest BCUT2D eigenvalue weighted by Gasteiger charge is 2.09. The molecule has 0 saturated heterocycles. The Morgan fingerprint density at radius 2 is 2.00 bits per heavy atom. The topological polar surface area (TPSA) is 81.5 Å². The van der Waals surface area contributed by atoms with Crippen LogP contribution in [0.1, 0.15) is 10.4 Å². The van der Waals surface area contributed by atoms with Crippen molar-refractivity contribution in [3.05, 3.63) is 76.9 Å². The molecule has 0 aliphatic heterocycles. The molecule has 0 aromatic heterocycles. The van der Waals surface area contributed by atoms with Crippen molar-refractivity contribution < 1.29 is 14.5 Å². The molecule has 2 aromatic rings. The first-order chi connectivity index (χ1) is 10.6. The van der Waals surface area contributed by atoms with Gasteiger partial charge in [-0.3, -0.25) is 14.9 Å². The molecule has 0 aliphatic carbocycles. The van der Waals surface area contributed by atoms with Crippen molar-refractivity contribution in [2.75, 3.05) is 11.9 Å². The summed E-state index contributed by atoms with van der Waals surface area (Å²) in [4.78, 5) is 22.3. The summed E-state index contributed by atoms with van der Waals surface area (Å²) >= 11 is 0. The Morgan fingerprint density at radius 1 is 1.27 bits per heavy atom. The molecular weight excluding hydrogens is 284 g/mol. The lowest BCUT2D eigenvalue weighted by Gasteiger charge is -2.07. The van der Waals surface area contributed by atoms with Crippen LogP contribution in [0.25, 0.3) is 0 Å². The van der Waals surface area contributed by atoms with Gasteiger partial charge in [0.25, 0.3) is 11.6 Å². The van der Waals surface area contributed by atoms with E-state index in [1.165, 1.54) is 18.2 Å². The molecule has 1 N–H and O–H groups in total. The number of carbonyl (C=O) groups excluding carboxylic acids is 1. The number of hydrogen-bond donors (Lipinski definition) is 1. The van der Waals surface area contributed by atoms with Crippen molar-refractivity contribution in [3.63, 3.8) is 0 Å². The molecule has 0 bridgehead atoms. The minimum atomic E-state index is -0.513. The standard InChI is InChI=1S/C16H14N2O4/c1-2-10-22-15-8-6-12(7-9-15)16(19)17-13-4-3-5-14(11-13)18(20)21/h2-9,11H,1,10H2,(H,17,19). The SMILES string of the molecule is C=CCOc1ccc(C(=O)Nc2cccc([N+](=O)[O-])c2)cc1. The second kappa shape index (κ2) is 7.03. The third-order valence-corrected chi connectivity index (χ3v) is 2.80. The van der Waals surface area contributed by atoms with Crippen molar-refractivity contribution in [2.45, 2.75) is 0 Å². The molecule has 0 heterocycles. The van der Waals surface area contributed by atoms with Crippen molar-refractivity contribution in [2.24, 2.45) is 0 Å². The highest BCUT2D eigenvalue weighted by atomic mass is 16.6. The molecule has 0 radical (unpaired) electrons. The van der Waals surface area contributed by atoms with E-state index in [4.69, 9.17) is 4.74 Å². The van der Waals surface area contributed by atoms with E-state index in [1.54, 1.807) is 36.4 Å². The number of benzene rings is 2. The molecule has 22 heavy (non-hydrogen) atoms. The van der Waals surface area contributed by atoms with E-state index in [0.717, 1.165) is 0 Å². The maximum atomic E-state index is 12.1. The number of anilines is 1. The number of rotatable bonds is 6. The van der Waals surface area contributed by atoms with Gasteiger partial charge >= 0.3 is 0 Å². The van der Waals surface area contributed by atoms with Gasteiger partial charge < -0.3 is 10.1 Å². The van der Waals surface area contributed by atoms with E-state index < -0.39 is 4.92 Å². The summed E-state index contributed by atoms with van der Waals surface area (Å²) < 4.78 is 5.33. The summed E-state index contributed by atoms with van der Waals surface area (Å²) in [6, 6.07) is 12.3. The van der Waals surface area contributed by atoms with Gasteiger partial charge in [-0.25, -0.2) is 0 Å². The molecule has 0 unspecified atom stereocenters. The zero-order valence-corrected chi connectivity index (χ0v) is 11.7. The number of amides is 1. The maximum absolute atomic E-state index is 12.1. The molecule has 2 rings (SSSR count). The Morgan fingerprint density at radius 3 is 2.64 bits per heavy atom. The van der Waals surface area contributed by atoms with Crippen LogP contribution in [0.3, 0.4) is 0 Å². The minimum Gasteiger partial charge on any atom is -0.490 e. The smallest absolute Gasteiger partial charge is 0.271 e. The second-order valence-corrected chi connectivity index (χ2v) is 4.39. The predicted octanol–water partition coefficient (Wildman–Crippen LogP) is 3.41. The molecule has 0 spiro atoms. The zero-order valence-electron chi connectivity index (χ0n) is 11.7. The lowest BCUT2D eigenvalue weighted by molar-refractivity contribution is -0.384. The highest BCUT2D eigenvalue weighted by Crippen LogP contribution is 2.18. The number of nitrogens with zero attached hydrogens (tertiary/aromatic N) is 1. The van der Waals surface area contributed by atoms with E-state index in [-0.39, 0.29) is 11.6 Å². The van der Waals surface area contributed by atoms with Crippen LogP contribution < -0.4 is 10.1 Å². The Balaban J connectivity index is 2.07. The van der Waals surface area contributed by atoms with Gasteiger partial charge in [0.05, 0.1) is 4.92 Å². The average molecular weight is 298 g/mol. The van der Waals surface area contributed by atoms with Crippen LogP contribution in [0, 0.1) is 10.1 Å². The number of hydrogen-bond acceptors (Lipinski definition) is 4. The lowest BCUT2D eigenvalue weighted by atomic mass is 10.2. The first-order valence-corrected chi connectivity index (χ1v) is 6.49. The molecule has 6 nitrogen and oxygen atoms in total. The Hall–Kier alpha value is -3.15. The summed E-state index contributed by atoms with van der Waals surface area (Å²) in [5, 5.41) is 13.3. The zero-order chi connectivity index (χ0) is 15.9. The molecule has 1 amide bonds. The van der Waals surface area contributed by atoms with E-state index in [9.17, 15) is 14.9 Å². The molecule has 0 aliphatic rings. The summed E-state index contributed by atoms with van der Waals surface area (Å²) in [6.45, 7) is 3.94. The van der Waals surface area contributed by atoms with Gasteiger partial charge in [-0.2, -0.15) is 0 Å². The average Bonchev–Trinajstić information content (AvgIpc) is 2.53. The van der Waals surface area contributed by atoms with Crippen LogP contribution in [0.5, 0.6) is 5.75 Å².